The van der Waals surface area contributed by atoms with Crippen molar-refractivity contribution in [1.82, 2.24) is 5.32 Å². The minimum Gasteiger partial charge on any atom is -0.493 e. The highest BCUT2D eigenvalue weighted by Gasteiger charge is 2.03. The van der Waals surface area contributed by atoms with E-state index in [1.807, 2.05) is 54.6 Å². The Kier molecular flexibility index (Phi) is 5.62. The van der Waals surface area contributed by atoms with Crippen LogP contribution < -0.4 is 10.1 Å². The molecule has 0 atom stereocenters. The smallest absolute Gasteiger partial charge is 0.223 e. The van der Waals surface area contributed by atoms with Crippen molar-refractivity contribution < 1.29 is 9.53 Å². The fraction of sp³-hybridized carbons (Fsp3) is 0.188. The molecule has 0 saturated heterocycles. The maximum Gasteiger partial charge on any atom is 0.223 e. The summed E-state index contributed by atoms with van der Waals surface area (Å²) in [6, 6.07) is 17.3. The van der Waals surface area contributed by atoms with Crippen LogP contribution in [0, 0.1) is 0 Å². The third kappa shape index (κ3) is 4.70. The minimum atomic E-state index is -0.0170. The number of carbonyl (C=O) groups is 1. The molecule has 1 N–H and O–H groups in total. The third-order valence-electron chi connectivity index (χ3n) is 2.77. The van der Waals surface area contributed by atoms with Crippen LogP contribution in [0.25, 0.3) is 0 Å². The fourth-order valence-electron chi connectivity index (χ4n) is 1.70. The van der Waals surface area contributed by atoms with Crippen molar-refractivity contribution in [2.24, 2.45) is 0 Å². The summed E-state index contributed by atoms with van der Waals surface area (Å²) in [5.41, 5.74) is 1.06. The molecular weight excluding hydrogens is 318 g/mol. The Morgan fingerprint density at radius 1 is 1.05 bits per heavy atom. The number of para-hydroxylation sites is 1. The van der Waals surface area contributed by atoms with E-state index in [0.29, 0.717) is 19.6 Å². The summed E-state index contributed by atoms with van der Waals surface area (Å²) in [5.74, 6) is 0.766. The molecule has 2 aromatic carbocycles. The number of hydrogen-bond donors (Lipinski definition) is 1. The second-order valence-electron chi connectivity index (χ2n) is 4.28. The van der Waals surface area contributed by atoms with Gasteiger partial charge in [-0.15, -0.1) is 0 Å². The van der Waals surface area contributed by atoms with Gasteiger partial charge in [-0.3, -0.25) is 4.79 Å². The molecule has 20 heavy (non-hydrogen) atoms. The molecule has 4 heteroatoms. The van der Waals surface area contributed by atoms with E-state index in [0.717, 1.165) is 15.8 Å². The minimum absolute atomic E-state index is 0.0170. The monoisotopic (exact) mass is 333 g/mol. The van der Waals surface area contributed by atoms with Crippen molar-refractivity contribution >= 4 is 21.8 Å². The van der Waals surface area contributed by atoms with E-state index < -0.39 is 0 Å². The largest absolute Gasteiger partial charge is 0.493 e. The van der Waals surface area contributed by atoms with Crippen LogP contribution in [0.2, 0.25) is 0 Å². The van der Waals surface area contributed by atoms with Crippen LogP contribution >= 0.6 is 15.9 Å². The van der Waals surface area contributed by atoms with Crippen LogP contribution in [0.1, 0.15) is 12.0 Å². The Balaban J connectivity index is 1.70. The van der Waals surface area contributed by atoms with Gasteiger partial charge in [0.15, 0.2) is 0 Å². The molecule has 0 heterocycles. The van der Waals surface area contributed by atoms with Crippen LogP contribution in [0.3, 0.4) is 0 Å². The standard InChI is InChI=1S/C16H16BrNO2/c17-15-9-5-4-6-13(15)12-18-16(19)10-11-20-14-7-2-1-3-8-14/h1-9H,10-12H2,(H,18,19). The first-order valence-electron chi connectivity index (χ1n) is 6.43. The number of carbonyl (C=O) groups excluding carboxylic acids is 1. The average molecular weight is 334 g/mol. The molecule has 2 rings (SSSR count). The number of amides is 1. The number of rotatable bonds is 6. The second-order valence-corrected chi connectivity index (χ2v) is 5.13. The molecule has 104 valence electrons. The maximum atomic E-state index is 11.7. The van der Waals surface area contributed by atoms with Crippen molar-refractivity contribution in [3.8, 4) is 5.75 Å². The molecule has 0 saturated carbocycles. The van der Waals surface area contributed by atoms with E-state index in [-0.39, 0.29) is 5.91 Å². The highest BCUT2D eigenvalue weighted by Crippen LogP contribution is 2.15. The summed E-state index contributed by atoms with van der Waals surface area (Å²) in [4.78, 5) is 11.7. The van der Waals surface area contributed by atoms with Crippen molar-refractivity contribution in [2.75, 3.05) is 6.61 Å². The molecule has 0 radical (unpaired) electrons. The van der Waals surface area contributed by atoms with Crippen LogP contribution in [0.5, 0.6) is 5.75 Å². The van der Waals surface area contributed by atoms with Crippen molar-refractivity contribution in [3.63, 3.8) is 0 Å². The van der Waals surface area contributed by atoms with Gasteiger partial charge >= 0.3 is 0 Å². The van der Waals surface area contributed by atoms with Crippen LogP contribution in [0.4, 0.5) is 0 Å². The van der Waals surface area contributed by atoms with Crippen LogP contribution in [0.15, 0.2) is 59.1 Å². The van der Waals surface area contributed by atoms with Gasteiger partial charge in [0, 0.05) is 11.0 Å². The second kappa shape index (κ2) is 7.70. The Labute approximate surface area is 127 Å². The predicted octanol–water partition coefficient (Wildman–Crippen LogP) is 3.53. The van der Waals surface area contributed by atoms with Crippen molar-refractivity contribution in [3.05, 3.63) is 64.6 Å². The predicted molar refractivity (Wildman–Crippen MR) is 82.5 cm³/mol. The first kappa shape index (κ1) is 14.6. The van der Waals surface area contributed by atoms with Gasteiger partial charge in [0.25, 0.3) is 0 Å². The molecule has 0 aliphatic rings. The Morgan fingerprint density at radius 2 is 1.75 bits per heavy atom. The highest BCUT2D eigenvalue weighted by molar-refractivity contribution is 9.10. The van der Waals surface area contributed by atoms with E-state index >= 15 is 0 Å². The molecule has 0 bridgehead atoms. The molecule has 0 aliphatic heterocycles. The van der Waals surface area contributed by atoms with Gasteiger partial charge < -0.3 is 10.1 Å². The lowest BCUT2D eigenvalue weighted by molar-refractivity contribution is -0.121. The lowest BCUT2D eigenvalue weighted by Gasteiger charge is -2.08. The van der Waals surface area contributed by atoms with Gasteiger partial charge in [-0.1, -0.05) is 52.3 Å². The summed E-state index contributed by atoms with van der Waals surface area (Å²) in [7, 11) is 0. The fourth-order valence-corrected chi connectivity index (χ4v) is 2.13. The van der Waals surface area contributed by atoms with Gasteiger partial charge in [-0.25, -0.2) is 0 Å². The van der Waals surface area contributed by atoms with Gasteiger partial charge in [0.1, 0.15) is 5.75 Å². The molecule has 0 unspecified atom stereocenters. The molecule has 1 amide bonds. The molecule has 0 aliphatic carbocycles. The first-order chi connectivity index (χ1) is 9.75. The summed E-state index contributed by atoms with van der Waals surface area (Å²) >= 11 is 3.45. The Bertz CT molecular complexity index is 557. The molecule has 0 aromatic heterocycles. The number of benzene rings is 2. The quantitative estimate of drug-likeness (QED) is 0.878. The zero-order chi connectivity index (χ0) is 14.2. The zero-order valence-electron chi connectivity index (χ0n) is 11.0. The first-order valence-corrected chi connectivity index (χ1v) is 7.23. The number of ether oxygens (including phenoxy) is 1. The number of nitrogens with one attached hydrogen (secondary N) is 1. The summed E-state index contributed by atoms with van der Waals surface area (Å²) in [6.07, 6.45) is 0.347. The van der Waals surface area contributed by atoms with E-state index in [2.05, 4.69) is 21.2 Å². The SMILES string of the molecule is O=C(CCOc1ccccc1)NCc1ccccc1Br. The van der Waals surface area contributed by atoms with Gasteiger partial charge in [-0.05, 0) is 23.8 Å². The molecular formula is C16H16BrNO2. The topological polar surface area (TPSA) is 38.3 Å². The van der Waals surface area contributed by atoms with Gasteiger partial charge in [0.05, 0.1) is 13.0 Å². The van der Waals surface area contributed by atoms with Crippen molar-refractivity contribution in [1.29, 1.82) is 0 Å². The highest BCUT2D eigenvalue weighted by atomic mass is 79.9. The molecule has 0 fully saturated rings. The summed E-state index contributed by atoms with van der Waals surface area (Å²) < 4.78 is 6.48. The van der Waals surface area contributed by atoms with Gasteiger partial charge in [0.2, 0.25) is 5.91 Å². The Morgan fingerprint density at radius 3 is 2.50 bits per heavy atom. The lowest BCUT2D eigenvalue weighted by atomic mass is 10.2. The molecule has 2 aromatic rings. The average Bonchev–Trinajstić information content (AvgIpc) is 2.47. The van der Waals surface area contributed by atoms with Crippen LogP contribution in [-0.4, -0.2) is 12.5 Å². The van der Waals surface area contributed by atoms with Crippen LogP contribution in [-0.2, 0) is 11.3 Å². The maximum absolute atomic E-state index is 11.7. The molecule has 3 nitrogen and oxygen atoms in total. The Hall–Kier alpha value is -1.81. The van der Waals surface area contributed by atoms with Crippen molar-refractivity contribution in [2.45, 2.75) is 13.0 Å². The molecule has 0 spiro atoms. The van der Waals surface area contributed by atoms with E-state index in [1.165, 1.54) is 0 Å². The third-order valence-corrected chi connectivity index (χ3v) is 3.55. The number of hydrogen-bond acceptors (Lipinski definition) is 2. The summed E-state index contributed by atoms with van der Waals surface area (Å²) in [6.45, 7) is 0.900. The lowest BCUT2D eigenvalue weighted by Crippen LogP contribution is -2.24. The normalized spacial score (nSPS) is 10.1. The van der Waals surface area contributed by atoms with Gasteiger partial charge in [-0.2, -0.15) is 0 Å². The van der Waals surface area contributed by atoms with E-state index in [9.17, 15) is 4.79 Å². The zero-order valence-corrected chi connectivity index (χ0v) is 12.6. The van der Waals surface area contributed by atoms with E-state index in [4.69, 9.17) is 4.74 Å². The summed E-state index contributed by atoms with van der Waals surface area (Å²) in [5, 5.41) is 2.88. The van der Waals surface area contributed by atoms with E-state index in [1.54, 1.807) is 0 Å². The number of halogens is 1.